The first-order chi connectivity index (χ1) is 8.29. The van der Waals surface area contributed by atoms with Crippen LogP contribution in [0.1, 0.15) is 31.4 Å². The van der Waals surface area contributed by atoms with Crippen molar-refractivity contribution >= 4 is 11.8 Å². The molecule has 0 fully saturated rings. The number of ether oxygens (including phenoxy) is 1. The number of methoxy groups -OCH3 is 1. The molecule has 0 aliphatic carbocycles. The van der Waals surface area contributed by atoms with Crippen LogP contribution in [0, 0.1) is 0 Å². The molecule has 96 valence electrons. The van der Waals surface area contributed by atoms with Gasteiger partial charge < -0.3 is 10.1 Å². The van der Waals surface area contributed by atoms with Crippen molar-refractivity contribution in [3.63, 3.8) is 0 Å². The number of hydrogen-bond donors (Lipinski definition) is 1. The van der Waals surface area contributed by atoms with E-state index in [4.69, 9.17) is 4.74 Å². The summed E-state index contributed by atoms with van der Waals surface area (Å²) < 4.78 is 5.37. The van der Waals surface area contributed by atoms with Crippen LogP contribution in [0.4, 0.5) is 0 Å². The first kappa shape index (κ1) is 14.4. The molecule has 1 aromatic rings. The van der Waals surface area contributed by atoms with E-state index in [9.17, 15) is 0 Å². The summed E-state index contributed by atoms with van der Waals surface area (Å²) in [6.45, 7) is 3.26. The van der Waals surface area contributed by atoms with Crippen LogP contribution in [0.25, 0.3) is 0 Å². The van der Waals surface area contributed by atoms with Gasteiger partial charge in [0.15, 0.2) is 0 Å². The van der Waals surface area contributed by atoms with Crippen molar-refractivity contribution in [3.05, 3.63) is 29.8 Å². The summed E-state index contributed by atoms with van der Waals surface area (Å²) in [6.07, 6.45) is 4.68. The summed E-state index contributed by atoms with van der Waals surface area (Å²) in [7, 11) is 1.73. The highest BCUT2D eigenvalue weighted by Crippen LogP contribution is 2.24. The van der Waals surface area contributed by atoms with Gasteiger partial charge in [-0.1, -0.05) is 18.2 Å². The molecule has 1 atom stereocenters. The molecule has 0 heterocycles. The van der Waals surface area contributed by atoms with E-state index in [0.29, 0.717) is 6.04 Å². The zero-order valence-corrected chi connectivity index (χ0v) is 11.8. The summed E-state index contributed by atoms with van der Waals surface area (Å²) >= 11 is 1.92. The number of para-hydroxylation sites is 1. The van der Waals surface area contributed by atoms with E-state index in [1.165, 1.54) is 24.2 Å². The monoisotopic (exact) mass is 253 g/mol. The van der Waals surface area contributed by atoms with Gasteiger partial charge in [0.05, 0.1) is 7.11 Å². The summed E-state index contributed by atoms with van der Waals surface area (Å²) in [5.41, 5.74) is 1.24. The Kier molecular flexibility index (Phi) is 7.13. The lowest BCUT2D eigenvalue weighted by molar-refractivity contribution is 0.401. The Balaban J connectivity index is 2.38. The average molecular weight is 253 g/mol. The van der Waals surface area contributed by atoms with Gasteiger partial charge in [0.2, 0.25) is 0 Å². The van der Waals surface area contributed by atoms with Crippen molar-refractivity contribution in [2.24, 2.45) is 0 Å². The van der Waals surface area contributed by atoms with Gasteiger partial charge >= 0.3 is 0 Å². The quantitative estimate of drug-likeness (QED) is 0.717. The molecule has 17 heavy (non-hydrogen) atoms. The van der Waals surface area contributed by atoms with E-state index in [1.54, 1.807) is 7.11 Å². The van der Waals surface area contributed by atoms with Crippen molar-refractivity contribution in [2.45, 2.75) is 25.8 Å². The number of benzene rings is 1. The highest BCUT2D eigenvalue weighted by atomic mass is 32.2. The lowest BCUT2D eigenvalue weighted by Gasteiger charge is -2.17. The second-order valence-electron chi connectivity index (χ2n) is 4.12. The summed E-state index contributed by atoms with van der Waals surface area (Å²) in [5, 5.41) is 3.54. The lowest BCUT2D eigenvalue weighted by atomic mass is 10.1. The van der Waals surface area contributed by atoms with E-state index in [0.717, 1.165) is 12.3 Å². The molecule has 0 aliphatic rings. The standard InChI is InChI=1S/C14H23NOS/c1-12(15-10-6-7-11-17-3)13-8-4-5-9-14(13)16-2/h4-5,8-9,12,15H,6-7,10-11H2,1-3H3. The summed E-state index contributed by atoms with van der Waals surface area (Å²) in [5.74, 6) is 2.22. The van der Waals surface area contributed by atoms with Gasteiger partial charge in [-0.15, -0.1) is 0 Å². The minimum Gasteiger partial charge on any atom is -0.496 e. The molecule has 2 nitrogen and oxygen atoms in total. The van der Waals surface area contributed by atoms with Crippen LogP contribution in [0.2, 0.25) is 0 Å². The summed E-state index contributed by atoms with van der Waals surface area (Å²) in [6, 6.07) is 8.55. The Morgan fingerprint density at radius 3 is 2.76 bits per heavy atom. The molecule has 0 aliphatic heterocycles. The molecular formula is C14H23NOS. The van der Waals surface area contributed by atoms with Crippen LogP contribution in [-0.4, -0.2) is 25.7 Å². The maximum absolute atomic E-state index is 5.37. The maximum atomic E-state index is 5.37. The Morgan fingerprint density at radius 1 is 1.29 bits per heavy atom. The van der Waals surface area contributed by atoms with E-state index >= 15 is 0 Å². The normalized spacial score (nSPS) is 12.4. The van der Waals surface area contributed by atoms with Crippen LogP contribution in [0.5, 0.6) is 5.75 Å². The zero-order chi connectivity index (χ0) is 12.5. The van der Waals surface area contributed by atoms with Crippen molar-refractivity contribution < 1.29 is 4.74 Å². The van der Waals surface area contributed by atoms with Crippen molar-refractivity contribution in [3.8, 4) is 5.75 Å². The van der Waals surface area contributed by atoms with E-state index in [1.807, 2.05) is 23.9 Å². The third-order valence-electron chi connectivity index (χ3n) is 2.83. The predicted octanol–water partition coefficient (Wildman–Crippen LogP) is 3.49. The fourth-order valence-electron chi connectivity index (χ4n) is 1.82. The third kappa shape index (κ3) is 5.00. The molecule has 1 N–H and O–H groups in total. The smallest absolute Gasteiger partial charge is 0.123 e. The van der Waals surface area contributed by atoms with Gasteiger partial charge in [-0.25, -0.2) is 0 Å². The van der Waals surface area contributed by atoms with E-state index < -0.39 is 0 Å². The zero-order valence-electron chi connectivity index (χ0n) is 11.0. The lowest BCUT2D eigenvalue weighted by Crippen LogP contribution is -2.20. The van der Waals surface area contributed by atoms with Crippen molar-refractivity contribution in [1.82, 2.24) is 5.32 Å². The third-order valence-corrected chi connectivity index (χ3v) is 3.53. The molecule has 0 amide bonds. The first-order valence-electron chi connectivity index (χ1n) is 6.14. The predicted molar refractivity (Wildman–Crippen MR) is 77.0 cm³/mol. The van der Waals surface area contributed by atoms with Crippen molar-refractivity contribution in [2.75, 3.05) is 25.7 Å². The molecule has 1 unspecified atom stereocenters. The van der Waals surface area contributed by atoms with Crippen LogP contribution >= 0.6 is 11.8 Å². The molecule has 0 bridgehead atoms. The molecule has 0 radical (unpaired) electrons. The minimum absolute atomic E-state index is 0.348. The van der Waals surface area contributed by atoms with Crippen LogP contribution in [0.15, 0.2) is 24.3 Å². The Labute approximate surface area is 109 Å². The average Bonchev–Trinajstić information content (AvgIpc) is 2.38. The van der Waals surface area contributed by atoms with Gasteiger partial charge in [-0.3, -0.25) is 0 Å². The second kappa shape index (κ2) is 8.43. The fraction of sp³-hybridized carbons (Fsp3) is 0.571. The molecule has 0 saturated carbocycles. The minimum atomic E-state index is 0.348. The van der Waals surface area contributed by atoms with Crippen LogP contribution < -0.4 is 10.1 Å². The largest absolute Gasteiger partial charge is 0.496 e. The van der Waals surface area contributed by atoms with Crippen LogP contribution in [-0.2, 0) is 0 Å². The number of nitrogens with one attached hydrogen (secondary N) is 1. The Hall–Kier alpha value is -0.670. The molecule has 3 heteroatoms. The molecule has 1 aromatic carbocycles. The molecule has 0 spiro atoms. The Bertz CT molecular complexity index is 317. The first-order valence-corrected chi connectivity index (χ1v) is 7.54. The highest BCUT2D eigenvalue weighted by Gasteiger charge is 2.09. The van der Waals surface area contributed by atoms with E-state index in [-0.39, 0.29) is 0 Å². The molecular weight excluding hydrogens is 230 g/mol. The van der Waals surface area contributed by atoms with Crippen molar-refractivity contribution in [1.29, 1.82) is 0 Å². The molecule has 0 saturated heterocycles. The van der Waals surface area contributed by atoms with Gasteiger partial charge in [0.1, 0.15) is 5.75 Å². The maximum Gasteiger partial charge on any atom is 0.123 e. The Morgan fingerprint density at radius 2 is 2.06 bits per heavy atom. The topological polar surface area (TPSA) is 21.3 Å². The van der Waals surface area contributed by atoms with Gasteiger partial charge in [-0.2, -0.15) is 11.8 Å². The number of unbranched alkanes of at least 4 members (excludes halogenated alkanes) is 1. The fourth-order valence-corrected chi connectivity index (χ4v) is 2.32. The SMILES string of the molecule is COc1ccccc1C(C)NCCCCSC. The number of hydrogen-bond acceptors (Lipinski definition) is 3. The number of rotatable bonds is 8. The van der Waals surface area contributed by atoms with Gasteiger partial charge in [0, 0.05) is 11.6 Å². The second-order valence-corrected chi connectivity index (χ2v) is 5.10. The highest BCUT2D eigenvalue weighted by molar-refractivity contribution is 7.98. The van der Waals surface area contributed by atoms with Gasteiger partial charge in [-0.05, 0) is 44.4 Å². The molecule has 1 rings (SSSR count). The number of thioether (sulfide) groups is 1. The van der Waals surface area contributed by atoms with E-state index in [2.05, 4.69) is 30.6 Å². The van der Waals surface area contributed by atoms with Crippen LogP contribution in [0.3, 0.4) is 0 Å². The van der Waals surface area contributed by atoms with Gasteiger partial charge in [0.25, 0.3) is 0 Å². The molecule has 0 aromatic heterocycles. The summed E-state index contributed by atoms with van der Waals surface area (Å²) in [4.78, 5) is 0.